The van der Waals surface area contributed by atoms with Crippen molar-refractivity contribution in [1.82, 2.24) is 15.2 Å². The highest BCUT2D eigenvalue weighted by atomic mass is 19.1. The molecule has 1 aromatic carbocycles. The van der Waals surface area contributed by atoms with E-state index in [0.29, 0.717) is 6.54 Å². The van der Waals surface area contributed by atoms with Gasteiger partial charge in [-0.25, -0.2) is 9.18 Å². The summed E-state index contributed by atoms with van der Waals surface area (Å²) in [5, 5.41) is 3.15. The molecule has 2 aliphatic rings. The van der Waals surface area contributed by atoms with Crippen LogP contribution in [0.5, 0.6) is 0 Å². The molecule has 2 amide bonds. The molecule has 5 nitrogen and oxygen atoms in total. The second-order valence-corrected chi connectivity index (χ2v) is 7.92. The molecule has 2 fully saturated rings. The van der Waals surface area contributed by atoms with E-state index < -0.39 is 5.82 Å². The number of aromatic nitrogens is 1. The minimum Gasteiger partial charge on any atom is -0.330 e. The minimum atomic E-state index is -0.417. The van der Waals surface area contributed by atoms with Gasteiger partial charge in [0.05, 0.1) is 24.0 Å². The molecular formula is C21H25FN4O. The minimum absolute atomic E-state index is 0.0375. The Hall–Kier alpha value is -2.47. The first-order chi connectivity index (χ1) is 13.0. The van der Waals surface area contributed by atoms with Crippen LogP contribution >= 0.6 is 0 Å². The molecule has 4 rings (SSSR count). The van der Waals surface area contributed by atoms with E-state index in [0.717, 1.165) is 25.7 Å². The number of hydrogen-bond acceptors (Lipinski definition) is 3. The van der Waals surface area contributed by atoms with Crippen LogP contribution in [0.4, 0.5) is 14.9 Å². The van der Waals surface area contributed by atoms with Crippen molar-refractivity contribution in [3.8, 4) is 0 Å². The second kappa shape index (κ2) is 6.60. The maximum atomic E-state index is 14.2. The van der Waals surface area contributed by atoms with Gasteiger partial charge in [-0.2, -0.15) is 0 Å². The summed E-state index contributed by atoms with van der Waals surface area (Å²) in [5.41, 5.74) is 1.21. The second-order valence-electron chi connectivity index (χ2n) is 7.92. The Bertz CT molecular complexity index is 831. The van der Waals surface area contributed by atoms with E-state index in [1.165, 1.54) is 28.9 Å². The first-order valence-electron chi connectivity index (χ1n) is 9.38. The maximum Gasteiger partial charge on any atom is 0.322 e. The van der Waals surface area contributed by atoms with E-state index in [4.69, 9.17) is 0 Å². The van der Waals surface area contributed by atoms with Gasteiger partial charge in [0, 0.05) is 11.7 Å². The van der Waals surface area contributed by atoms with Crippen molar-refractivity contribution in [3.05, 3.63) is 60.2 Å². The predicted octanol–water partition coefficient (Wildman–Crippen LogP) is 3.52. The number of rotatable bonds is 3. The average molecular weight is 368 g/mol. The molecule has 1 aromatic heterocycles. The van der Waals surface area contributed by atoms with Gasteiger partial charge >= 0.3 is 6.03 Å². The van der Waals surface area contributed by atoms with Crippen LogP contribution in [0.2, 0.25) is 0 Å². The molecule has 1 aliphatic heterocycles. The first kappa shape index (κ1) is 17.9. The summed E-state index contributed by atoms with van der Waals surface area (Å²) in [6, 6.07) is 11.6. The third kappa shape index (κ3) is 2.98. The molecule has 1 saturated heterocycles. The quantitative estimate of drug-likeness (QED) is 0.902. The van der Waals surface area contributed by atoms with Gasteiger partial charge in [0.15, 0.2) is 0 Å². The normalized spacial score (nSPS) is 28.0. The number of nitrogens with one attached hydrogen (secondary N) is 1. The zero-order chi connectivity index (χ0) is 19.1. The van der Waals surface area contributed by atoms with E-state index in [-0.39, 0.29) is 22.8 Å². The molecule has 27 heavy (non-hydrogen) atoms. The number of pyridine rings is 1. The molecule has 1 spiro atoms. The van der Waals surface area contributed by atoms with Crippen LogP contribution in [0.25, 0.3) is 0 Å². The number of hydrogen-bond donors (Lipinski definition) is 1. The molecule has 1 aliphatic carbocycles. The highest BCUT2D eigenvalue weighted by molar-refractivity contribution is 5.95. The summed E-state index contributed by atoms with van der Waals surface area (Å²) in [4.78, 5) is 20.3. The number of carbonyl (C=O) groups is 1. The molecule has 2 aromatic rings. The molecule has 1 saturated carbocycles. The smallest absolute Gasteiger partial charge is 0.322 e. The fraction of sp³-hybridized carbons (Fsp3) is 0.429. The number of amides is 2. The van der Waals surface area contributed by atoms with Crippen LogP contribution in [0.1, 0.15) is 31.2 Å². The van der Waals surface area contributed by atoms with Gasteiger partial charge in [0.25, 0.3) is 0 Å². The van der Waals surface area contributed by atoms with Crippen molar-refractivity contribution in [2.24, 2.45) is 0 Å². The van der Waals surface area contributed by atoms with Crippen LogP contribution in [0.3, 0.4) is 0 Å². The van der Waals surface area contributed by atoms with Crippen LogP contribution in [0, 0.1) is 5.82 Å². The van der Waals surface area contributed by atoms with Crippen LogP contribution in [0.15, 0.2) is 48.8 Å². The Balaban J connectivity index is 1.57. The summed E-state index contributed by atoms with van der Waals surface area (Å²) in [5.74, 6) is -0.417. The van der Waals surface area contributed by atoms with Crippen molar-refractivity contribution < 1.29 is 9.18 Å². The van der Waals surface area contributed by atoms with Crippen LogP contribution in [-0.4, -0.2) is 42.1 Å². The van der Waals surface area contributed by atoms with Crippen molar-refractivity contribution in [2.45, 2.75) is 36.8 Å². The predicted molar refractivity (Wildman–Crippen MR) is 103 cm³/mol. The van der Waals surface area contributed by atoms with Crippen molar-refractivity contribution in [1.29, 1.82) is 0 Å². The van der Waals surface area contributed by atoms with Crippen LogP contribution < -0.4 is 10.2 Å². The number of urea groups is 1. The molecule has 0 radical (unpaired) electrons. The lowest BCUT2D eigenvalue weighted by molar-refractivity contribution is 0.0657. The van der Waals surface area contributed by atoms with E-state index in [1.54, 1.807) is 0 Å². The number of halogens is 1. The lowest BCUT2D eigenvalue weighted by Crippen LogP contribution is -2.54. The van der Waals surface area contributed by atoms with Crippen molar-refractivity contribution in [2.75, 3.05) is 25.5 Å². The molecule has 0 unspecified atom stereocenters. The molecule has 142 valence electrons. The molecule has 1 N–H and O–H groups in total. The van der Waals surface area contributed by atoms with Gasteiger partial charge in [-0.05, 0) is 51.4 Å². The zero-order valence-electron chi connectivity index (χ0n) is 15.8. The van der Waals surface area contributed by atoms with Gasteiger partial charge in [-0.3, -0.25) is 14.8 Å². The lowest BCUT2D eigenvalue weighted by atomic mass is 9.69. The Kier molecular flexibility index (Phi) is 4.38. The standard InChI is InChI=1S/C21H25FN4O/c1-25(2)21(16-6-4-3-5-7-16)11-9-20(10-12-21)15-26(19(27)24-20)18-14-23-13-8-17(18)22/h3-8,13-14H,9-12,15H2,1-2H3,(H,24,27)/t20-,21+. The number of benzene rings is 1. The third-order valence-electron chi connectivity index (χ3n) is 6.32. The van der Waals surface area contributed by atoms with Gasteiger partial charge in [-0.1, -0.05) is 30.3 Å². The SMILES string of the molecule is CN(C)[C@]1(c2ccccc2)CC[C@]2(CC1)CN(c1cnccc1F)C(=O)N2. The van der Waals surface area contributed by atoms with Crippen LogP contribution in [-0.2, 0) is 5.54 Å². The van der Waals surface area contributed by atoms with E-state index in [2.05, 4.69) is 53.6 Å². The Morgan fingerprint density at radius 1 is 1.11 bits per heavy atom. The topological polar surface area (TPSA) is 48.5 Å². The Morgan fingerprint density at radius 2 is 1.81 bits per heavy atom. The van der Waals surface area contributed by atoms with Crippen molar-refractivity contribution in [3.63, 3.8) is 0 Å². The summed E-state index contributed by atoms with van der Waals surface area (Å²) < 4.78 is 14.2. The van der Waals surface area contributed by atoms with Gasteiger partial charge in [0.2, 0.25) is 0 Å². The van der Waals surface area contributed by atoms with Gasteiger partial charge in [0.1, 0.15) is 5.82 Å². The number of anilines is 1. The summed E-state index contributed by atoms with van der Waals surface area (Å²) >= 11 is 0. The van der Waals surface area contributed by atoms with Gasteiger partial charge in [-0.15, -0.1) is 0 Å². The lowest BCUT2D eigenvalue weighted by Gasteiger charge is -2.48. The average Bonchev–Trinajstić information content (AvgIpc) is 2.99. The molecular weight excluding hydrogens is 343 g/mol. The fourth-order valence-electron chi connectivity index (χ4n) is 4.64. The maximum absolute atomic E-state index is 14.2. The molecule has 2 heterocycles. The number of carbonyl (C=O) groups excluding carboxylic acids is 1. The van der Waals surface area contributed by atoms with E-state index >= 15 is 0 Å². The third-order valence-corrected chi connectivity index (χ3v) is 6.32. The largest absolute Gasteiger partial charge is 0.330 e. The Labute approximate surface area is 159 Å². The van der Waals surface area contributed by atoms with Crippen molar-refractivity contribution >= 4 is 11.7 Å². The van der Waals surface area contributed by atoms with E-state index in [9.17, 15) is 9.18 Å². The summed E-state index contributed by atoms with van der Waals surface area (Å²) in [6.45, 7) is 0.479. The van der Waals surface area contributed by atoms with E-state index in [1.807, 2.05) is 6.07 Å². The molecule has 0 bridgehead atoms. The number of nitrogens with zero attached hydrogens (tertiary/aromatic N) is 3. The summed E-state index contributed by atoms with van der Waals surface area (Å²) in [7, 11) is 4.24. The monoisotopic (exact) mass is 368 g/mol. The zero-order valence-corrected chi connectivity index (χ0v) is 15.8. The van der Waals surface area contributed by atoms with Gasteiger partial charge < -0.3 is 5.32 Å². The highest BCUT2D eigenvalue weighted by Gasteiger charge is 2.50. The fourth-order valence-corrected chi connectivity index (χ4v) is 4.64. The molecule has 0 atom stereocenters. The summed E-state index contributed by atoms with van der Waals surface area (Å²) in [6.07, 6.45) is 6.40. The highest BCUT2D eigenvalue weighted by Crippen LogP contribution is 2.46. The molecule has 6 heteroatoms. The first-order valence-corrected chi connectivity index (χ1v) is 9.38. The Morgan fingerprint density at radius 3 is 2.44 bits per heavy atom.